The number of rotatable bonds is 3. The Labute approximate surface area is 118 Å². The summed E-state index contributed by atoms with van der Waals surface area (Å²) >= 11 is 9.13. The molecule has 0 amide bonds. The lowest BCUT2D eigenvalue weighted by Crippen LogP contribution is -2.13. The van der Waals surface area contributed by atoms with E-state index in [-0.39, 0.29) is 4.90 Å². The molecule has 2 aromatic rings. The molecule has 0 radical (unpaired) electrons. The number of pyridine rings is 1. The molecule has 1 N–H and O–H groups in total. The standard InChI is InChI=1S/C11H8BrClN2O2S/c12-10-4-3-8(6-11(10)13)15-18(16,17)9-2-1-5-14-7-9/h1-7,15H. The first-order valence-corrected chi connectivity index (χ1v) is 7.52. The average Bonchev–Trinajstić information content (AvgIpc) is 2.35. The third-order valence-electron chi connectivity index (χ3n) is 2.12. The van der Waals surface area contributed by atoms with Crippen molar-refractivity contribution >= 4 is 43.2 Å². The van der Waals surface area contributed by atoms with Gasteiger partial charge in [0.1, 0.15) is 4.90 Å². The van der Waals surface area contributed by atoms with Crippen molar-refractivity contribution in [3.63, 3.8) is 0 Å². The summed E-state index contributed by atoms with van der Waals surface area (Å²) in [4.78, 5) is 3.87. The fraction of sp³-hybridized carbons (Fsp3) is 0. The second kappa shape index (κ2) is 5.26. The summed E-state index contributed by atoms with van der Waals surface area (Å²) in [5, 5.41) is 0.432. The van der Waals surface area contributed by atoms with E-state index in [0.717, 1.165) is 0 Å². The highest BCUT2D eigenvalue weighted by atomic mass is 79.9. The largest absolute Gasteiger partial charge is 0.280 e. The first-order valence-electron chi connectivity index (χ1n) is 4.87. The Morgan fingerprint density at radius 1 is 1.28 bits per heavy atom. The lowest BCUT2D eigenvalue weighted by atomic mass is 10.3. The van der Waals surface area contributed by atoms with Crippen LogP contribution in [0.15, 0.2) is 52.1 Å². The van der Waals surface area contributed by atoms with E-state index in [1.165, 1.54) is 24.5 Å². The van der Waals surface area contributed by atoms with Crippen molar-refractivity contribution in [1.82, 2.24) is 4.98 Å². The molecule has 1 heterocycles. The molecule has 1 aromatic carbocycles. The zero-order valence-corrected chi connectivity index (χ0v) is 12.1. The van der Waals surface area contributed by atoms with Gasteiger partial charge >= 0.3 is 0 Å². The van der Waals surface area contributed by atoms with Crippen LogP contribution in [0.2, 0.25) is 5.02 Å². The lowest BCUT2D eigenvalue weighted by molar-refractivity contribution is 0.601. The third kappa shape index (κ3) is 3.01. The molecule has 0 aliphatic heterocycles. The van der Waals surface area contributed by atoms with Gasteiger partial charge < -0.3 is 0 Å². The van der Waals surface area contributed by atoms with E-state index in [2.05, 4.69) is 25.6 Å². The first-order chi connectivity index (χ1) is 8.49. The summed E-state index contributed by atoms with van der Waals surface area (Å²) in [5.74, 6) is 0. The Morgan fingerprint density at radius 3 is 2.67 bits per heavy atom. The highest BCUT2D eigenvalue weighted by Gasteiger charge is 2.14. The van der Waals surface area contributed by atoms with Gasteiger partial charge in [-0.15, -0.1) is 0 Å². The Morgan fingerprint density at radius 2 is 2.06 bits per heavy atom. The van der Waals surface area contributed by atoms with Crippen molar-refractivity contribution in [2.45, 2.75) is 4.90 Å². The minimum Gasteiger partial charge on any atom is -0.280 e. The summed E-state index contributed by atoms with van der Waals surface area (Å²) in [6.45, 7) is 0. The Hall–Kier alpha value is -1.11. The van der Waals surface area contributed by atoms with Crippen LogP contribution in [-0.2, 0) is 10.0 Å². The fourth-order valence-corrected chi connectivity index (χ4v) is 2.72. The van der Waals surface area contributed by atoms with Gasteiger partial charge in [0.05, 0.1) is 10.7 Å². The number of nitrogens with zero attached hydrogens (tertiary/aromatic N) is 1. The second-order valence-electron chi connectivity index (χ2n) is 3.42. The van der Waals surface area contributed by atoms with E-state index in [1.54, 1.807) is 18.2 Å². The normalized spacial score (nSPS) is 11.2. The van der Waals surface area contributed by atoms with Gasteiger partial charge in [0, 0.05) is 16.9 Å². The van der Waals surface area contributed by atoms with E-state index in [4.69, 9.17) is 11.6 Å². The first kappa shape index (κ1) is 13.3. The number of hydrogen-bond donors (Lipinski definition) is 1. The van der Waals surface area contributed by atoms with Crippen LogP contribution < -0.4 is 4.72 Å². The molecule has 0 bridgehead atoms. The Balaban J connectivity index is 2.31. The van der Waals surface area contributed by atoms with Crippen LogP contribution in [0, 0.1) is 0 Å². The van der Waals surface area contributed by atoms with Crippen molar-refractivity contribution in [2.24, 2.45) is 0 Å². The van der Waals surface area contributed by atoms with Crippen LogP contribution >= 0.6 is 27.5 Å². The van der Waals surface area contributed by atoms with Gasteiger partial charge in [0.25, 0.3) is 10.0 Å². The van der Waals surface area contributed by atoms with Gasteiger partial charge in [-0.2, -0.15) is 0 Å². The third-order valence-corrected chi connectivity index (χ3v) is 4.72. The van der Waals surface area contributed by atoms with Gasteiger partial charge in [-0.05, 0) is 46.3 Å². The van der Waals surface area contributed by atoms with E-state index in [0.29, 0.717) is 15.2 Å². The Bertz CT molecular complexity index is 662. The highest BCUT2D eigenvalue weighted by Crippen LogP contribution is 2.26. The molecule has 0 saturated heterocycles. The maximum atomic E-state index is 12.0. The molecular formula is C11H8BrClN2O2S. The molecule has 1 aromatic heterocycles. The van der Waals surface area contributed by atoms with Crippen LogP contribution in [0.3, 0.4) is 0 Å². The van der Waals surface area contributed by atoms with Gasteiger partial charge in [-0.25, -0.2) is 8.42 Å². The van der Waals surface area contributed by atoms with Crippen LogP contribution in [-0.4, -0.2) is 13.4 Å². The minimum absolute atomic E-state index is 0.101. The molecule has 0 fully saturated rings. The molecule has 2 rings (SSSR count). The highest BCUT2D eigenvalue weighted by molar-refractivity contribution is 9.10. The molecule has 0 aliphatic rings. The van der Waals surface area contributed by atoms with E-state index < -0.39 is 10.0 Å². The summed E-state index contributed by atoms with van der Waals surface area (Å²) in [5.41, 5.74) is 0.395. The minimum atomic E-state index is -3.63. The predicted molar refractivity (Wildman–Crippen MR) is 74.2 cm³/mol. The van der Waals surface area contributed by atoms with Crippen molar-refractivity contribution in [1.29, 1.82) is 0 Å². The van der Waals surface area contributed by atoms with Gasteiger partial charge in [0.2, 0.25) is 0 Å². The molecule has 0 spiro atoms. The number of hydrogen-bond acceptors (Lipinski definition) is 3. The summed E-state index contributed by atoms with van der Waals surface area (Å²) in [6, 6.07) is 7.84. The molecule has 0 atom stereocenters. The van der Waals surface area contributed by atoms with Crippen molar-refractivity contribution in [2.75, 3.05) is 4.72 Å². The molecule has 94 valence electrons. The number of anilines is 1. The maximum Gasteiger partial charge on any atom is 0.263 e. The molecule has 4 nitrogen and oxygen atoms in total. The zero-order valence-electron chi connectivity index (χ0n) is 8.97. The quantitative estimate of drug-likeness (QED) is 0.927. The zero-order chi connectivity index (χ0) is 13.2. The smallest absolute Gasteiger partial charge is 0.263 e. The van der Waals surface area contributed by atoms with Crippen molar-refractivity contribution in [3.8, 4) is 0 Å². The van der Waals surface area contributed by atoms with Crippen LogP contribution in [0.1, 0.15) is 0 Å². The van der Waals surface area contributed by atoms with Gasteiger partial charge in [0.15, 0.2) is 0 Å². The summed E-state index contributed by atoms with van der Waals surface area (Å²) in [6.07, 6.45) is 2.79. The number of nitrogens with one attached hydrogen (secondary N) is 1. The molecule has 0 saturated carbocycles. The van der Waals surface area contributed by atoms with Gasteiger partial charge in [-0.3, -0.25) is 9.71 Å². The summed E-state index contributed by atoms with van der Waals surface area (Å²) < 4.78 is 27.1. The SMILES string of the molecule is O=S(=O)(Nc1ccc(Br)c(Cl)c1)c1cccnc1. The second-order valence-corrected chi connectivity index (χ2v) is 6.37. The van der Waals surface area contributed by atoms with Crippen LogP contribution in [0.4, 0.5) is 5.69 Å². The molecule has 18 heavy (non-hydrogen) atoms. The number of aromatic nitrogens is 1. The lowest BCUT2D eigenvalue weighted by Gasteiger charge is -2.08. The number of sulfonamides is 1. The topological polar surface area (TPSA) is 59.1 Å². The fourth-order valence-electron chi connectivity index (χ4n) is 1.28. The van der Waals surface area contributed by atoms with E-state index in [1.807, 2.05) is 0 Å². The van der Waals surface area contributed by atoms with Crippen LogP contribution in [0.5, 0.6) is 0 Å². The maximum absolute atomic E-state index is 12.0. The van der Waals surface area contributed by atoms with Crippen molar-refractivity contribution in [3.05, 3.63) is 52.2 Å². The predicted octanol–water partition coefficient (Wildman–Crippen LogP) is 3.30. The molecule has 7 heteroatoms. The molecule has 0 unspecified atom stereocenters. The number of halogens is 2. The van der Waals surface area contributed by atoms with E-state index >= 15 is 0 Å². The number of benzene rings is 1. The Kier molecular flexibility index (Phi) is 3.89. The molecular weight excluding hydrogens is 340 g/mol. The molecule has 0 aliphatic carbocycles. The van der Waals surface area contributed by atoms with Crippen LogP contribution in [0.25, 0.3) is 0 Å². The van der Waals surface area contributed by atoms with Gasteiger partial charge in [-0.1, -0.05) is 11.6 Å². The van der Waals surface area contributed by atoms with Crippen molar-refractivity contribution < 1.29 is 8.42 Å². The monoisotopic (exact) mass is 346 g/mol. The summed E-state index contributed by atoms with van der Waals surface area (Å²) in [7, 11) is -3.63. The average molecular weight is 348 g/mol. The van der Waals surface area contributed by atoms with E-state index in [9.17, 15) is 8.42 Å².